The van der Waals surface area contributed by atoms with Gasteiger partial charge >= 0.3 is 0 Å². The van der Waals surface area contributed by atoms with Crippen molar-refractivity contribution in [2.45, 2.75) is 17.9 Å². The molecular formula is C12H12N4O4S. The molecule has 1 aromatic carbocycles. The van der Waals surface area contributed by atoms with Gasteiger partial charge in [0.1, 0.15) is 10.9 Å². The molecule has 0 aromatic heterocycles. The van der Waals surface area contributed by atoms with E-state index in [9.17, 15) is 18.0 Å². The molecule has 0 bridgehead atoms. The van der Waals surface area contributed by atoms with Crippen molar-refractivity contribution in [3.8, 4) is 6.07 Å². The Morgan fingerprint density at radius 3 is 2.67 bits per heavy atom. The van der Waals surface area contributed by atoms with E-state index in [1.165, 1.54) is 25.1 Å². The van der Waals surface area contributed by atoms with Gasteiger partial charge in [0.05, 0.1) is 23.9 Å². The van der Waals surface area contributed by atoms with Crippen molar-refractivity contribution >= 4 is 27.5 Å². The van der Waals surface area contributed by atoms with E-state index in [1.54, 1.807) is 0 Å². The Morgan fingerprint density at radius 2 is 2.10 bits per heavy atom. The number of nitrogens with two attached hydrogens (primary N) is 1. The molecule has 21 heavy (non-hydrogen) atoms. The van der Waals surface area contributed by atoms with Gasteiger partial charge < -0.3 is 5.73 Å². The maximum Gasteiger partial charge on any atom is 0.246 e. The molecule has 1 saturated heterocycles. The van der Waals surface area contributed by atoms with Crippen LogP contribution in [0, 0.1) is 11.3 Å². The highest BCUT2D eigenvalue weighted by molar-refractivity contribution is 7.89. The molecule has 1 unspecified atom stereocenters. The fraction of sp³-hybridized carbons (Fsp3) is 0.250. The molecule has 1 atom stereocenters. The first-order chi connectivity index (χ1) is 9.77. The Balaban J connectivity index is 2.49. The fourth-order valence-electron chi connectivity index (χ4n) is 1.96. The first-order valence-electron chi connectivity index (χ1n) is 5.92. The number of piperazine rings is 1. The number of nitrogens with one attached hydrogen (secondary N) is 1. The SMILES string of the molecule is CC1C(=O)NC(=O)CN1S(=O)(=O)c1ccc(C#N)cc1N. The van der Waals surface area contributed by atoms with Crippen LogP contribution in [-0.2, 0) is 19.6 Å². The van der Waals surface area contributed by atoms with E-state index in [1.807, 2.05) is 6.07 Å². The third-order valence-electron chi connectivity index (χ3n) is 3.10. The normalized spacial score (nSPS) is 19.9. The second-order valence-electron chi connectivity index (χ2n) is 4.50. The highest BCUT2D eigenvalue weighted by Crippen LogP contribution is 2.25. The molecule has 0 aliphatic carbocycles. The van der Waals surface area contributed by atoms with Gasteiger partial charge in [-0.25, -0.2) is 8.42 Å². The average molecular weight is 308 g/mol. The smallest absolute Gasteiger partial charge is 0.246 e. The van der Waals surface area contributed by atoms with Crippen LogP contribution in [0.4, 0.5) is 5.69 Å². The van der Waals surface area contributed by atoms with Gasteiger partial charge in [0.25, 0.3) is 0 Å². The van der Waals surface area contributed by atoms with Crippen LogP contribution in [-0.4, -0.2) is 37.1 Å². The molecule has 9 heteroatoms. The number of hydrogen-bond donors (Lipinski definition) is 2. The predicted molar refractivity (Wildman–Crippen MR) is 72.1 cm³/mol. The summed E-state index contributed by atoms with van der Waals surface area (Å²) >= 11 is 0. The minimum Gasteiger partial charge on any atom is -0.398 e. The molecule has 8 nitrogen and oxygen atoms in total. The van der Waals surface area contributed by atoms with Crippen LogP contribution in [0.2, 0.25) is 0 Å². The molecular weight excluding hydrogens is 296 g/mol. The lowest BCUT2D eigenvalue weighted by Gasteiger charge is -2.30. The lowest BCUT2D eigenvalue weighted by molar-refractivity contribution is -0.136. The fourth-order valence-corrected chi connectivity index (χ4v) is 3.61. The second kappa shape index (κ2) is 5.16. The van der Waals surface area contributed by atoms with Crippen molar-refractivity contribution in [2.75, 3.05) is 12.3 Å². The number of rotatable bonds is 2. The van der Waals surface area contributed by atoms with Gasteiger partial charge in [0, 0.05) is 0 Å². The molecule has 3 N–H and O–H groups in total. The van der Waals surface area contributed by atoms with Crippen LogP contribution >= 0.6 is 0 Å². The quantitative estimate of drug-likeness (QED) is 0.541. The number of benzene rings is 1. The van der Waals surface area contributed by atoms with Crippen molar-refractivity contribution in [1.82, 2.24) is 9.62 Å². The van der Waals surface area contributed by atoms with Crippen LogP contribution < -0.4 is 11.1 Å². The maximum absolute atomic E-state index is 12.5. The van der Waals surface area contributed by atoms with Crippen molar-refractivity contribution in [3.05, 3.63) is 23.8 Å². The van der Waals surface area contributed by atoms with Gasteiger partial charge in [-0.2, -0.15) is 9.57 Å². The van der Waals surface area contributed by atoms with Crippen LogP contribution in [0.25, 0.3) is 0 Å². The molecule has 1 heterocycles. The van der Waals surface area contributed by atoms with Crippen LogP contribution in [0.3, 0.4) is 0 Å². The topological polar surface area (TPSA) is 133 Å². The lowest BCUT2D eigenvalue weighted by Crippen LogP contribution is -2.58. The number of nitrogens with zero attached hydrogens (tertiary/aromatic N) is 2. The average Bonchev–Trinajstić information content (AvgIpc) is 2.42. The largest absolute Gasteiger partial charge is 0.398 e. The van der Waals surface area contributed by atoms with Gasteiger partial charge in [0.15, 0.2) is 0 Å². The molecule has 1 aliphatic heterocycles. The third kappa shape index (κ3) is 2.58. The maximum atomic E-state index is 12.5. The van der Waals surface area contributed by atoms with Crippen molar-refractivity contribution < 1.29 is 18.0 Å². The van der Waals surface area contributed by atoms with Crippen LogP contribution in [0.1, 0.15) is 12.5 Å². The van der Waals surface area contributed by atoms with Crippen molar-refractivity contribution in [2.24, 2.45) is 0 Å². The first kappa shape index (κ1) is 15.0. The number of amides is 2. The highest BCUT2D eigenvalue weighted by atomic mass is 32.2. The van der Waals surface area contributed by atoms with Gasteiger partial charge in [-0.05, 0) is 25.1 Å². The second-order valence-corrected chi connectivity index (χ2v) is 6.36. The molecule has 1 fully saturated rings. The molecule has 1 aromatic rings. The van der Waals surface area contributed by atoms with Gasteiger partial charge in [-0.15, -0.1) is 0 Å². The number of anilines is 1. The van der Waals surface area contributed by atoms with E-state index < -0.39 is 34.4 Å². The Labute approximate surface area is 121 Å². The van der Waals surface area contributed by atoms with E-state index in [2.05, 4.69) is 5.32 Å². The van der Waals surface area contributed by atoms with E-state index in [0.717, 1.165) is 4.31 Å². The van der Waals surface area contributed by atoms with Crippen molar-refractivity contribution in [1.29, 1.82) is 5.26 Å². The summed E-state index contributed by atoms with van der Waals surface area (Å²) in [4.78, 5) is 22.7. The van der Waals surface area contributed by atoms with Gasteiger partial charge in [-0.1, -0.05) is 0 Å². The Kier molecular flexibility index (Phi) is 3.67. The third-order valence-corrected chi connectivity index (χ3v) is 5.09. The molecule has 2 rings (SSSR count). The summed E-state index contributed by atoms with van der Waals surface area (Å²) in [5.41, 5.74) is 5.77. The van der Waals surface area contributed by atoms with Crippen molar-refractivity contribution in [3.63, 3.8) is 0 Å². The molecule has 0 radical (unpaired) electrons. The Morgan fingerprint density at radius 1 is 1.43 bits per heavy atom. The zero-order chi connectivity index (χ0) is 15.8. The van der Waals surface area contributed by atoms with Crippen LogP contribution in [0.15, 0.2) is 23.1 Å². The van der Waals surface area contributed by atoms with Gasteiger partial charge in [-0.3, -0.25) is 14.9 Å². The standard InChI is InChI=1S/C12H12N4O4S/c1-7-12(18)15-11(17)6-16(7)21(19,20)10-3-2-8(5-13)4-9(10)14/h2-4,7H,6,14H2,1H3,(H,15,17,18). The number of carbonyl (C=O) groups excluding carboxylic acids is 2. The number of sulfonamides is 1. The van der Waals surface area contributed by atoms with E-state index in [-0.39, 0.29) is 16.1 Å². The van der Waals surface area contributed by atoms with Crippen LogP contribution in [0.5, 0.6) is 0 Å². The number of carbonyl (C=O) groups is 2. The summed E-state index contributed by atoms with van der Waals surface area (Å²) in [6, 6.07) is 4.54. The van der Waals surface area contributed by atoms with E-state index >= 15 is 0 Å². The zero-order valence-corrected chi connectivity index (χ0v) is 11.8. The monoisotopic (exact) mass is 308 g/mol. The minimum atomic E-state index is -4.12. The van der Waals surface area contributed by atoms with Gasteiger partial charge in [0.2, 0.25) is 21.8 Å². The minimum absolute atomic E-state index is 0.111. The first-order valence-corrected chi connectivity index (χ1v) is 7.36. The number of nitriles is 1. The summed E-state index contributed by atoms with van der Waals surface area (Å²) < 4.78 is 25.9. The lowest BCUT2D eigenvalue weighted by atomic mass is 10.2. The predicted octanol–water partition coefficient (Wildman–Crippen LogP) is -0.824. The molecule has 1 aliphatic rings. The summed E-state index contributed by atoms with van der Waals surface area (Å²) in [5.74, 6) is -1.39. The van der Waals surface area contributed by atoms with E-state index in [0.29, 0.717) is 0 Å². The van der Waals surface area contributed by atoms with E-state index in [4.69, 9.17) is 11.0 Å². The summed E-state index contributed by atoms with van der Waals surface area (Å²) in [7, 11) is -4.12. The molecule has 2 amide bonds. The summed E-state index contributed by atoms with van der Waals surface area (Å²) in [5, 5.41) is 10.8. The number of hydrogen-bond acceptors (Lipinski definition) is 6. The Bertz CT molecular complexity index is 766. The number of imide groups is 1. The zero-order valence-electron chi connectivity index (χ0n) is 11.0. The molecule has 0 spiro atoms. The summed E-state index contributed by atoms with van der Waals surface area (Å²) in [6.07, 6.45) is 0. The summed E-state index contributed by atoms with van der Waals surface area (Å²) in [6.45, 7) is 0.911. The molecule has 0 saturated carbocycles. The Hall–Kier alpha value is -2.44. The highest BCUT2D eigenvalue weighted by Gasteiger charge is 2.39. The molecule has 110 valence electrons. The number of nitrogen functional groups attached to an aromatic ring is 1.